The zero-order chi connectivity index (χ0) is 23.1. The van der Waals surface area contributed by atoms with Crippen molar-refractivity contribution in [3.8, 4) is 11.1 Å². The molecule has 4 aromatic rings. The van der Waals surface area contributed by atoms with Gasteiger partial charge in [-0.2, -0.15) is 0 Å². The van der Waals surface area contributed by atoms with Crippen molar-refractivity contribution in [3.05, 3.63) is 107 Å². The molecule has 0 saturated heterocycles. The smallest absolute Gasteiger partial charge is 0.0344 e. The van der Waals surface area contributed by atoms with Crippen LogP contribution in [0.3, 0.4) is 0 Å². The number of hydrogen-bond donors (Lipinski definition) is 4. The van der Waals surface area contributed by atoms with Crippen LogP contribution in [0.1, 0.15) is 22.3 Å². The second kappa shape index (κ2) is 10.2. The summed E-state index contributed by atoms with van der Waals surface area (Å²) in [4.78, 5) is 0. The van der Waals surface area contributed by atoms with E-state index in [2.05, 4.69) is 12.1 Å². The lowest BCUT2D eigenvalue weighted by Crippen LogP contribution is -1.91. The molecule has 8 N–H and O–H groups in total. The van der Waals surface area contributed by atoms with E-state index in [4.69, 9.17) is 22.9 Å². The Kier molecular flexibility index (Phi) is 7.19. The van der Waals surface area contributed by atoms with Crippen molar-refractivity contribution in [3.63, 3.8) is 0 Å². The number of anilines is 4. The van der Waals surface area contributed by atoms with Crippen molar-refractivity contribution < 1.29 is 0 Å². The molecule has 0 saturated carbocycles. The molecule has 0 aliphatic rings. The molecule has 0 bridgehead atoms. The lowest BCUT2D eigenvalue weighted by Gasteiger charge is -2.07. The number of rotatable bonds is 3. The summed E-state index contributed by atoms with van der Waals surface area (Å²) in [5.74, 6) is 0. The van der Waals surface area contributed by atoms with Crippen LogP contribution < -0.4 is 22.9 Å². The molecule has 0 heterocycles. The number of aryl methyl sites for hydroxylation is 2. The van der Waals surface area contributed by atoms with Crippen LogP contribution in [0.15, 0.2) is 84.9 Å². The van der Waals surface area contributed by atoms with Crippen molar-refractivity contribution in [2.24, 2.45) is 0 Å². The largest absolute Gasteiger partial charge is 0.399 e. The monoisotopic (exact) mass is 422 g/mol. The van der Waals surface area contributed by atoms with Gasteiger partial charge in [0.15, 0.2) is 0 Å². The summed E-state index contributed by atoms with van der Waals surface area (Å²) in [6.07, 6.45) is 4.09. The molecule has 4 rings (SSSR count). The number of nitrogen functional groups attached to an aromatic ring is 4. The maximum Gasteiger partial charge on any atom is 0.0344 e. The normalized spacial score (nSPS) is 10.6. The van der Waals surface area contributed by atoms with Crippen LogP contribution >= 0.6 is 0 Å². The Morgan fingerprint density at radius 2 is 0.812 bits per heavy atom. The summed E-state index contributed by atoms with van der Waals surface area (Å²) >= 11 is 0. The molecular weight excluding hydrogens is 392 g/mol. The van der Waals surface area contributed by atoms with Gasteiger partial charge in [-0.25, -0.2) is 0 Å². The van der Waals surface area contributed by atoms with E-state index >= 15 is 0 Å². The molecule has 0 radical (unpaired) electrons. The van der Waals surface area contributed by atoms with Gasteiger partial charge in [0.1, 0.15) is 0 Å². The van der Waals surface area contributed by atoms with E-state index in [-0.39, 0.29) is 0 Å². The third-order valence-electron chi connectivity index (χ3n) is 5.21. The first-order valence-corrected chi connectivity index (χ1v) is 10.4. The highest BCUT2D eigenvalue weighted by molar-refractivity contribution is 5.71. The van der Waals surface area contributed by atoms with E-state index in [0.717, 1.165) is 45.0 Å². The molecular formula is C28H30N4. The van der Waals surface area contributed by atoms with Gasteiger partial charge in [-0.05, 0) is 95.8 Å². The molecule has 4 nitrogen and oxygen atoms in total. The molecule has 0 amide bonds. The Morgan fingerprint density at radius 3 is 1.12 bits per heavy atom. The first-order valence-electron chi connectivity index (χ1n) is 10.4. The Hall–Kier alpha value is -4.18. The van der Waals surface area contributed by atoms with Crippen LogP contribution in [0.4, 0.5) is 22.7 Å². The van der Waals surface area contributed by atoms with Gasteiger partial charge in [-0.15, -0.1) is 0 Å². The summed E-state index contributed by atoms with van der Waals surface area (Å²) in [6, 6.07) is 27.7. The highest BCUT2D eigenvalue weighted by Crippen LogP contribution is 2.26. The van der Waals surface area contributed by atoms with Crippen LogP contribution in [0.25, 0.3) is 23.3 Å². The van der Waals surface area contributed by atoms with Gasteiger partial charge in [0.25, 0.3) is 0 Å². The predicted octanol–water partition coefficient (Wildman–Crippen LogP) is 6.16. The number of benzene rings is 4. The van der Waals surface area contributed by atoms with Crippen molar-refractivity contribution in [2.45, 2.75) is 13.8 Å². The maximum atomic E-state index is 5.80. The van der Waals surface area contributed by atoms with E-state index in [1.807, 2.05) is 98.8 Å². The minimum Gasteiger partial charge on any atom is -0.399 e. The molecule has 4 aromatic carbocycles. The van der Waals surface area contributed by atoms with Crippen LogP contribution in [0.5, 0.6) is 0 Å². The average molecular weight is 423 g/mol. The standard InChI is InChI=1S/C14H16N2.C14H14N2/c1-9-7-11(3-5-13(9)15)12-4-6-14(16)10(2)8-12;15-13-7-3-11(4-8-13)1-2-12-5-9-14(16)10-6-12/h3-8H,15-16H2,1-2H3;1-10H,15-16H2. The van der Waals surface area contributed by atoms with Crippen molar-refractivity contribution in [1.29, 1.82) is 0 Å². The molecule has 0 aliphatic heterocycles. The van der Waals surface area contributed by atoms with Gasteiger partial charge in [0.2, 0.25) is 0 Å². The van der Waals surface area contributed by atoms with E-state index in [1.54, 1.807) is 0 Å². The zero-order valence-corrected chi connectivity index (χ0v) is 18.5. The molecule has 0 fully saturated rings. The van der Waals surface area contributed by atoms with E-state index in [9.17, 15) is 0 Å². The first kappa shape index (κ1) is 22.5. The van der Waals surface area contributed by atoms with Crippen LogP contribution in [0, 0.1) is 13.8 Å². The molecule has 0 aliphatic carbocycles. The Morgan fingerprint density at radius 1 is 0.469 bits per heavy atom. The molecule has 4 heteroatoms. The lowest BCUT2D eigenvalue weighted by molar-refractivity contribution is 1.44. The minimum absolute atomic E-state index is 0.782. The first-order chi connectivity index (χ1) is 15.3. The van der Waals surface area contributed by atoms with E-state index < -0.39 is 0 Å². The predicted molar refractivity (Wildman–Crippen MR) is 141 cm³/mol. The van der Waals surface area contributed by atoms with Gasteiger partial charge < -0.3 is 22.9 Å². The molecule has 0 spiro atoms. The molecule has 0 unspecified atom stereocenters. The van der Waals surface area contributed by atoms with Crippen LogP contribution in [-0.4, -0.2) is 0 Å². The Bertz CT molecular complexity index is 1110. The average Bonchev–Trinajstić information content (AvgIpc) is 2.79. The third-order valence-corrected chi connectivity index (χ3v) is 5.21. The molecule has 162 valence electrons. The fraction of sp³-hybridized carbons (Fsp3) is 0.0714. The molecule has 0 aromatic heterocycles. The summed E-state index contributed by atoms with van der Waals surface area (Å²) in [6.45, 7) is 4.03. The quantitative estimate of drug-likeness (QED) is 0.234. The summed E-state index contributed by atoms with van der Waals surface area (Å²) in [5, 5.41) is 0. The summed E-state index contributed by atoms with van der Waals surface area (Å²) in [7, 11) is 0. The van der Waals surface area contributed by atoms with Gasteiger partial charge in [0.05, 0.1) is 0 Å². The van der Waals surface area contributed by atoms with Crippen molar-refractivity contribution in [1.82, 2.24) is 0 Å². The highest BCUT2D eigenvalue weighted by Gasteiger charge is 2.02. The number of nitrogens with two attached hydrogens (primary N) is 4. The van der Waals surface area contributed by atoms with Crippen molar-refractivity contribution in [2.75, 3.05) is 22.9 Å². The van der Waals surface area contributed by atoms with Gasteiger partial charge >= 0.3 is 0 Å². The van der Waals surface area contributed by atoms with Gasteiger partial charge in [-0.1, -0.05) is 48.6 Å². The maximum absolute atomic E-state index is 5.80. The van der Waals surface area contributed by atoms with Gasteiger partial charge in [-0.3, -0.25) is 0 Å². The zero-order valence-electron chi connectivity index (χ0n) is 18.5. The third kappa shape index (κ3) is 6.16. The fourth-order valence-electron chi connectivity index (χ4n) is 3.12. The second-order valence-electron chi connectivity index (χ2n) is 7.81. The topological polar surface area (TPSA) is 104 Å². The summed E-state index contributed by atoms with van der Waals surface area (Å²) < 4.78 is 0. The minimum atomic E-state index is 0.782. The Labute approximate surface area is 190 Å². The molecule has 32 heavy (non-hydrogen) atoms. The lowest BCUT2D eigenvalue weighted by atomic mass is 10.0. The van der Waals surface area contributed by atoms with E-state index in [0.29, 0.717) is 0 Å². The van der Waals surface area contributed by atoms with Crippen LogP contribution in [-0.2, 0) is 0 Å². The summed E-state index contributed by atoms with van der Waals surface area (Å²) in [5.41, 5.74) is 32.9. The van der Waals surface area contributed by atoms with Crippen LogP contribution in [0.2, 0.25) is 0 Å². The number of hydrogen-bond acceptors (Lipinski definition) is 4. The SMILES string of the molecule is Cc1cc(-c2ccc(N)c(C)c2)ccc1N.Nc1ccc(C=Cc2ccc(N)cc2)cc1. The highest BCUT2D eigenvalue weighted by atomic mass is 14.6. The second-order valence-corrected chi connectivity index (χ2v) is 7.81. The molecule has 0 atom stereocenters. The van der Waals surface area contributed by atoms with Gasteiger partial charge in [0, 0.05) is 22.7 Å². The fourth-order valence-corrected chi connectivity index (χ4v) is 3.12. The van der Waals surface area contributed by atoms with Crippen molar-refractivity contribution >= 4 is 34.9 Å². The van der Waals surface area contributed by atoms with E-state index in [1.165, 1.54) is 11.1 Å². The Balaban J connectivity index is 0.000000181.